The van der Waals surface area contributed by atoms with Crippen molar-refractivity contribution in [3.63, 3.8) is 0 Å². The fourth-order valence-corrected chi connectivity index (χ4v) is 4.81. The maximum atomic E-state index is 12.6. The molecule has 1 N–H and O–H groups in total. The number of nitrogens with one attached hydrogen (secondary N) is 1. The normalized spacial score (nSPS) is 14.3. The van der Waals surface area contributed by atoms with Crippen molar-refractivity contribution in [1.29, 1.82) is 0 Å². The van der Waals surface area contributed by atoms with Gasteiger partial charge < -0.3 is 19.5 Å². The Morgan fingerprint density at radius 1 is 0.833 bits per heavy atom. The average molecular weight is 489 g/mol. The van der Waals surface area contributed by atoms with Crippen molar-refractivity contribution < 1.29 is 19.0 Å². The molecule has 0 spiro atoms. The molecule has 190 valence electrons. The zero-order chi connectivity index (χ0) is 25.5. The second-order valence-corrected chi connectivity index (χ2v) is 9.35. The van der Waals surface area contributed by atoms with Gasteiger partial charge in [-0.1, -0.05) is 36.4 Å². The monoisotopic (exact) mass is 488 g/mol. The molecule has 0 bridgehead atoms. The Kier molecular flexibility index (Phi) is 8.49. The van der Waals surface area contributed by atoms with E-state index in [0.29, 0.717) is 18.0 Å². The van der Waals surface area contributed by atoms with Gasteiger partial charge in [0.1, 0.15) is 5.75 Å². The Balaban J connectivity index is 1.27. The van der Waals surface area contributed by atoms with Gasteiger partial charge in [0, 0.05) is 18.7 Å². The largest absolute Gasteiger partial charge is 0.496 e. The molecule has 3 aromatic rings. The second kappa shape index (κ2) is 12.0. The number of piperidine rings is 1. The first-order chi connectivity index (χ1) is 17.5. The number of rotatable bonds is 9. The molecule has 4 rings (SSSR count). The summed E-state index contributed by atoms with van der Waals surface area (Å²) in [7, 11) is 4.95. The van der Waals surface area contributed by atoms with Crippen LogP contribution >= 0.6 is 0 Å². The SMILES string of the molecule is COc1cc(C(=O)NCc2ccc(C3CCN(Cc4ccc(OC)c(OC)c4)CC3)cc2)ccc1C. The van der Waals surface area contributed by atoms with Gasteiger partial charge in [0.15, 0.2) is 11.5 Å². The zero-order valence-corrected chi connectivity index (χ0v) is 21.7. The molecule has 6 nitrogen and oxygen atoms in total. The highest BCUT2D eigenvalue weighted by Gasteiger charge is 2.21. The third kappa shape index (κ3) is 6.18. The molecule has 1 aliphatic heterocycles. The highest BCUT2D eigenvalue weighted by atomic mass is 16.5. The van der Waals surface area contributed by atoms with Crippen LogP contribution in [0.4, 0.5) is 0 Å². The van der Waals surface area contributed by atoms with Crippen molar-refractivity contribution in [3.8, 4) is 17.2 Å². The van der Waals surface area contributed by atoms with Crippen LogP contribution < -0.4 is 19.5 Å². The molecule has 0 atom stereocenters. The van der Waals surface area contributed by atoms with Gasteiger partial charge in [0.25, 0.3) is 5.91 Å². The third-order valence-corrected chi connectivity index (χ3v) is 7.02. The molecule has 6 heteroatoms. The predicted octanol–water partition coefficient (Wildman–Crippen LogP) is 5.33. The van der Waals surface area contributed by atoms with E-state index in [1.165, 1.54) is 11.1 Å². The van der Waals surface area contributed by atoms with Gasteiger partial charge in [-0.15, -0.1) is 0 Å². The molecule has 0 unspecified atom stereocenters. The molecule has 0 radical (unpaired) electrons. The topological polar surface area (TPSA) is 60.0 Å². The molecule has 3 aromatic carbocycles. The molecule has 1 amide bonds. The Morgan fingerprint density at radius 2 is 1.50 bits per heavy atom. The first-order valence-corrected chi connectivity index (χ1v) is 12.5. The molecule has 1 heterocycles. The van der Waals surface area contributed by atoms with E-state index in [1.54, 1.807) is 27.4 Å². The van der Waals surface area contributed by atoms with Gasteiger partial charge in [0.05, 0.1) is 21.3 Å². The van der Waals surface area contributed by atoms with Gasteiger partial charge in [-0.25, -0.2) is 0 Å². The number of methoxy groups -OCH3 is 3. The van der Waals surface area contributed by atoms with Crippen molar-refractivity contribution in [1.82, 2.24) is 10.2 Å². The lowest BCUT2D eigenvalue weighted by Gasteiger charge is -2.32. The van der Waals surface area contributed by atoms with E-state index < -0.39 is 0 Å². The lowest BCUT2D eigenvalue weighted by atomic mass is 9.89. The Hall–Kier alpha value is -3.51. The van der Waals surface area contributed by atoms with Crippen LogP contribution in [0.5, 0.6) is 17.2 Å². The first-order valence-electron chi connectivity index (χ1n) is 12.5. The number of carbonyl (C=O) groups is 1. The van der Waals surface area contributed by atoms with Crippen molar-refractivity contribution in [3.05, 3.63) is 88.5 Å². The van der Waals surface area contributed by atoms with Gasteiger partial charge >= 0.3 is 0 Å². The Labute approximate surface area is 214 Å². The first kappa shape index (κ1) is 25.6. The summed E-state index contributed by atoms with van der Waals surface area (Å²) >= 11 is 0. The standard InChI is InChI=1S/C30H36N2O4/c1-21-5-9-26(18-28(21)35-3)30(33)31-19-22-6-10-24(11-7-22)25-13-15-32(16-14-25)20-23-8-12-27(34-2)29(17-23)36-4/h5-12,17-18,25H,13-16,19-20H2,1-4H3,(H,31,33). The summed E-state index contributed by atoms with van der Waals surface area (Å²) in [5.41, 5.74) is 5.32. The summed E-state index contributed by atoms with van der Waals surface area (Å²) in [6, 6.07) is 20.3. The van der Waals surface area contributed by atoms with Gasteiger partial charge in [-0.05, 0) is 85.3 Å². The molecule has 1 saturated heterocycles. The summed E-state index contributed by atoms with van der Waals surface area (Å²) in [5, 5.41) is 3.01. The predicted molar refractivity (Wildman–Crippen MR) is 142 cm³/mol. The van der Waals surface area contributed by atoms with Crippen LogP contribution in [0.15, 0.2) is 60.7 Å². The molecular formula is C30H36N2O4. The molecule has 1 fully saturated rings. The maximum absolute atomic E-state index is 12.6. The lowest BCUT2D eigenvalue weighted by molar-refractivity contribution is 0.0950. The summed E-state index contributed by atoms with van der Waals surface area (Å²) in [5.74, 6) is 2.73. The fourth-order valence-electron chi connectivity index (χ4n) is 4.81. The van der Waals surface area contributed by atoms with Crippen LogP contribution in [0, 0.1) is 6.92 Å². The number of amides is 1. The molecule has 0 aliphatic carbocycles. The summed E-state index contributed by atoms with van der Waals surface area (Å²) < 4.78 is 16.1. The van der Waals surface area contributed by atoms with E-state index in [-0.39, 0.29) is 5.91 Å². The number of carbonyl (C=O) groups excluding carboxylic acids is 1. The quantitative estimate of drug-likeness (QED) is 0.441. The van der Waals surface area contributed by atoms with Crippen LogP contribution in [-0.4, -0.2) is 45.2 Å². The van der Waals surface area contributed by atoms with Gasteiger partial charge in [-0.2, -0.15) is 0 Å². The van der Waals surface area contributed by atoms with E-state index in [4.69, 9.17) is 14.2 Å². The number of likely N-dealkylation sites (tertiary alicyclic amines) is 1. The Bertz CT molecular complexity index is 1170. The van der Waals surface area contributed by atoms with Crippen molar-refractivity contribution in [2.45, 2.75) is 38.8 Å². The maximum Gasteiger partial charge on any atom is 0.251 e. The van der Waals surface area contributed by atoms with Crippen LogP contribution in [0.2, 0.25) is 0 Å². The minimum atomic E-state index is -0.0979. The van der Waals surface area contributed by atoms with Crippen LogP contribution in [0.25, 0.3) is 0 Å². The van der Waals surface area contributed by atoms with E-state index in [2.05, 4.69) is 46.6 Å². The number of nitrogens with zero attached hydrogens (tertiary/aromatic N) is 1. The van der Waals surface area contributed by atoms with Gasteiger partial charge in [0.2, 0.25) is 0 Å². The van der Waals surface area contributed by atoms with E-state index in [1.807, 2.05) is 25.1 Å². The van der Waals surface area contributed by atoms with Crippen LogP contribution in [0.3, 0.4) is 0 Å². The summed E-state index contributed by atoms with van der Waals surface area (Å²) in [6.45, 7) is 5.51. The Morgan fingerprint density at radius 3 is 2.17 bits per heavy atom. The summed E-state index contributed by atoms with van der Waals surface area (Å²) in [6.07, 6.45) is 2.28. The van der Waals surface area contributed by atoms with Crippen molar-refractivity contribution in [2.24, 2.45) is 0 Å². The number of hydrogen-bond donors (Lipinski definition) is 1. The minimum Gasteiger partial charge on any atom is -0.496 e. The molecule has 1 aliphatic rings. The van der Waals surface area contributed by atoms with Crippen LogP contribution in [-0.2, 0) is 13.1 Å². The summed E-state index contributed by atoms with van der Waals surface area (Å²) in [4.78, 5) is 15.1. The smallest absolute Gasteiger partial charge is 0.251 e. The molecule has 0 aromatic heterocycles. The van der Waals surface area contributed by atoms with E-state index in [9.17, 15) is 4.79 Å². The lowest BCUT2D eigenvalue weighted by Crippen LogP contribution is -2.32. The number of benzene rings is 3. The number of aryl methyl sites for hydroxylation is 1. The third-order valence-electron chi connectivity index (χ3n) is 7.02. The van der Waals surface area contributed by atoms with Crippen LogP contribution in [0.1, 0.15) is 51.4 Å². The minimum absolute atomic E-state index is 0.0979. The highest BCUT2D eigenvalue weighted by molar-refractivity contribution is 5.94. The number of hydrogen-bond acceptors (Lipinski definition) is 5. The second-order valence-electron chi connectivity index (χ2n) is 9.35. The van der Waals surface area contributed by atoms with Crippen molar-refractivity contribution in [2.75, 3.05) is 34.4 Å². The average Bonchev–Trinajstić information content (AvgIpc) is 2.92. The highest BCUT2D eigenvalue weighted by Crippen LogP contribution is 2.31. The molecule has 0 saturated carbocycles. The van der Waals surface area contributed by atoms with Crippen molar-refractivity contribution >= 4 is 5.91 Å². The van der Waals surface area contributed by atoms with E-state index >= 15 is 0 Å². The molecule has 36 heavy (non-hydrogen) atoms. The zero-order valence-electron chi connectivity index (χ0n) is 21.7. The number of ether oxygens (including phenoxy) is 3. The fraction of sp³-hybridized carbons (Fsp3) is 0.367. The van der Waals surface area contributed by atoms with Gasteiger partial charge in [-0.3, -0.25) is 9.69 Å². The molecular weight excluding hydrogens is 452 g/mol. The van der Waals surface area contributed by atoms with E-state index in [0.717, 1.165) is 60.9 Å².